The number of aromatic nitrogens is 2. The Bertz CT molecular complexity index is 320. The third kappa shape index (κ3) is 4.57. The first kappa shape index (κ1) is 14.3. The van der Waals surface area contributed by atoms with Gasteiger partial charge in [0.2, 0.25) is 0 Å². The van der Waals surface area contributed by atoms with E-state index in [4.69, 9.17) is 9.84 Å². The molecule has 0 spiro atoms. The predicted octanol–water partition coefficient (Wildman–Crippen LogP) is 1.53. The van der Waals surface area contributed by atoms with Crippen molar-refractivity contribution in [2.75, 3.05) is 13.2 Å². The molecule has 0 aliphatic heterocycles. The summed E-state index contributed by atoms with van der Waals surface area (Å²) in [5.41, 5.74) is 0. The fourth-order valence-corrected chi connectivity index (χ4v) is 2.28. The number of aliphatic hydroxyl groups is 1. The van der Waals surface area contributed by atoms with E-state index in [-0.39, 0.29) is 6.61 Å². The number of aliphatic hydroxyl groups excluding tert-OH is 1. The molecule has 5 nitrogen and oxygen atoms in total. The molecule has 1 N–H and O–H groups in total. The van der Waals surface area contributed by atoms with E-state index < -0.39 is 0 Å². The highest BCUT2D eigenvalue weighted by Crippen LogP contribution is 2.17. The number of nitrogens with zero attached hydrogens (tertiary/aromatic N) is 3. The van der Waals surface area contributed by atoms with Gasteiger partial charge in [-0.3, -0.25) is 4.90 Å². The van der Waals surface area contributed by atoms with E-state index in [1.807, 2.05) is 0 Å². The van der Waals surface area contributed by atoms with Crippen molar-refractivity contribution in [3.63, 3.8) is 0 Å². The summed E-state index contributed by atoms with van der Waals surface area (Å²) in [6.07, 6.45) is 0. The zero-order valence-electron chi connectivity index (χ0n) is 10.9. The maximum absolute atomic E-state index is 8.85. The zero-order chi connectivity index (χ0) is 12.8. The van der Waals surface area contributed by atoms with Crippen LogP contribution in [0.2, 0.25) is 0 Å². The third-order valence-corrected chi connectivity index (χ3v) is 3.31. The van der Waals surface area contributed by atoms with Crippen molar-refractivity contribution in [3.8, 4) is 5.19 Å². The highest BCUT2D eigenvalue weighted by Gasteiger charge is 2.13. The van der Waals surface area contributed by atoms with E-state index >= 15 is 0 Å². The van der Waals surface area contributed by atoms with Gasteiger partial charge in [-0.05, 0) is 27.7 Å². The van der Waals surface area contributed by atoms with Crippen molar-refractivity contribution in [1.82, 2.24) is 15.1 Å². The Morgan fingerprint density at radius 3 is 2.35 bits per heavy atom. The lowest BCUT2D eigenvalue weighted by molar-refractivity contribution is 0.141. The molecule has 1 rings (SSSR count). The normalized spacial score (nSPS) is 11.8. The largest absolute Gasteiger partial charge is 0.468 e. The molecule has 1 aromatic rings. The van der Waals surface area contributed by atoms with Gasteiger partial charge in [-0.15, -0.1) is 5.10 Å². The molecule has 1 heterocycles. The highest BCUT2D eigenvalue weighted by molar-refractivity contribution is 7.13. The summed E-state index contributed by atoms with van der Waals surface area (Å²) in [7, 11) is 0. The molecule has 0 aliphatic carbocycles. The van der Waals surface area contributed by atoms with Crippen molar-refractivity contribution in [2.45, 2.75) is 46.4 Å². The van der Waals surface area contributed by atoms with E-state index in [1.54, 1.807) is 0 Å². The molecule has 98 valence electrons. The van der Waals surface area contributed by atoms with Crippen molar-refractivity contribution < 1.29 is 9.84 Å². The second kappa shape index (κ2) is 6.88. The van der Waals surface area contributed by atoms with Gasteiger partial charge in [0.1, 0.15) is 11.6 Å². The monoisotopic (exact) mass is 259 g/mol. The molecule has 0 radical (unpaired) electrons. The van der Waals surface area contributed by atoms with Gasteiger partial charge in [0, 0.05) is 18.6 Å². The SMILES string of the molecule is CC(C)N(CCOc1nnc(CO)s1)C(C)C. The van der Waals surface area contributed by atoms with E-state index in [9.17, 15) is 0 Å². The van der Waals surface area contributed by atoms with Crippen LogP contribution < -0.4 is 4.74 Å². The topological polar surface area (TPSA) is 58.5 Å². The molecule has 6 heteroatoms. The van der Waals surface area contributed by atoms with Gasteiger partial charge in [-0.25, -0.2) is 0 Å². The van der Waals surface area contributed by atoms with Crippen LogP contribution in [0.15, 0.2) is 0 Å². The fourth-order valence-electron chi connectivity index (χ4n) is 1.71. The first-order valence-corrected chi connectivity index (χ1v) is 6.68. The van der Waals surface area contributed by atoms with Gasteiger partial charge >= 0.3 is 0 Å². The van der Waals surface area contributed by atoms with E-state index in [0.717, 1.165) is 6.54 Å². The van der Waals surface area contributed by atoms with E-state index in [2.05, 4.69) is 42.8 Å². The van der Waals surface area contributed by atoms with Crippen molar-refractivity contribution in [1.29, 1.82) is 0 Å². The quantitative estimate of drug-likeness (QED) is 0.804. The average molecular weight is 259 g/mol. The molecule has 0 amide bonds. The molecular weight excluding hydrogens is 238 g/mol. The summed E-state index contributed by atoms with van der Waals surface area (Å²) in [6.45, 7) is 10.1. The Morgan fingerprint density at radius 2 is 1.88 bits per heavy atom. The summed E-state index contributed by atoms with van der Waals surface area (Å²) < 4.78 is 5.51. The maximum atomic E-state index is 8.85. The van der Waals surface area contributed by atoms with Gasteiger partial charge in [-0.1, -0.05) is 16.4 Å². The molecule has 17 heavy (non-hydrogen) atoms. The molecule has 0 aliphatic rings. The number of hydrogen-bond donors (Lipinski definition) is 1. The summed E-state index contributed by atoms with van der Waals surface area (Å²) in [6, 6.07) is 1.00. The Hall–Kier alpha value is -0.720. The minimum atomic E-state index is -0.0782. The summed E-state index contributed by atoms with van der Waals surface area (Å²) in [5, 5.41) is 17.6. The van der Waals surface area contributed by atoms with Gasteiger partial charge in [0.15, 0.2) is 0 Å². The van der Waals surface area contributed by atoms with Gasteiger partial charge in [-0.2, -0.15) is 0 Å². The van der Waals surface area contributed by atoms with Crippen molar-refractivity contribution >= 4 is 11.3 Å². The molecule has 0 unspecified atom stereocenters. The predicted molar refractivity (Wildman–Crippen MR) is 68.3 cm³/mol. The summed E-state index contributed by atoms with van der Waals surface area (Å²) in [5.74, 6) is 0. The maximum Gasteiger partial charge on any atom is 0.294 e. The third-order valence-electron chi connectivity index (χ3n) is 2.49. The zero-order valence-corrected chi connectivity index (χ0v) is 11.7. The standard InChI is InChI=1S/C11H21N3O2S/c1-8(2)14(9(3)4)5-6-16-11-13-12-10(7-15)17-11/h8-9,15H,5-7H2,1-4H3. The van der Waals surface area contributed by atoms with E-state index in [0.29, 0.717) is 28.9 Å². The number of rotatable bonds is 7. The minimum Gasteiger partial charge on any atom is -0.468 e. The average Bonchev–Trinajstić information content (AvgIpc) is 2.71. The highest BCUT2D eigenvalue weighted by atomic mass is 32.1. The van der Waals surface area contributed by atoms with Crippen molar-refractivity contribution in [2.24, 2.45) is 0 Å². The Balaban J connectivity index is 2.35. The first-order valence-electron chi connectivity index (χ1n) is 5.86. The molecule has 0 saturated carbocycles. The molecular formula is C11H21N3O2S. The molecule has 0 saturated heterocycles. The van der Waals surface area contributed by atoms with Crippen LogP contribution in [0.5, 0.6) is 5.19 Å². The van der Waals surface area contributed by atoms with Crippen LogP contribution in [0.1, 0.15) is 32.7 Å². The van der Waals surface area contributed by atoms with Crippen molar-refractivity contribution in [3.05, 3.63) is 5.01 Å². The first-order chi connectivity index (χ1) is 8.04. The Labute approximate surface area is 106 Å². The molecule has 0 atom stereocenters. The second-order valence-corrected chi connectivity index (χ2v) is 5.42. The van der Waals surface area contributed by atoms with Crippen LogP contribution in [0.3, 0.4) is 0 Å². The number of hydrogen-bond acceptors (Lipinski definition) is 6. The lowest BCUT2D eigenvalue weighted by Gasteiger charge is -2.29. The smallest absolute Gasteiger partial charge is 0.294 e. The lowest BCUT2D eigenvalue weighted by Crippen LogP contribution is -2.39. The Kier molecular flexibility index (Phi) is 5.80. The summed E-state index contributed by atoms with van der Waals surface area (Å²) in [4.78, 5) is 2.36. The number of ether oxygens (including phenoxy) is 1. The minimum absolute atomic E-state index is 0.0782. The van der Waals surface area contributed by atoms with Gasteiger partial charge < -0.3 is 9.84 Å². The summed E-state index contributed by atoms with van der Waals surface area (Å²) >= 11 is 1.29. The van der Waals surface area contributed by atoms with Crippen LogP contribution >= 0.6 is 11.3 Å². The van der Waals surface area contributed by atoms with Crippen LogP contribution in [0.25, 0.3) is 0 Å². The molecule has 0 bridgehead atoms. The van der Waals surface area contributed by atoms with Crippen LogP contribution in [-0.4, -0.2) is 45.4 Å². The van der Waals surface area contributed by atoms with Crippen LogP contribution in [0.4, 0.5) is 0 Å². The molecule has 0 fully saturated rings. The van der Waals surface area contributed by atoms with Crippen LogP contribution in [-0.2, 0) is 6.61 Å². The van der Waals surface area contributed by atoms with Crippen LogP contribution in [0, 0.1) is 0 Å². The fraction of sp³-hybridized carbons (Fsp3) is 0.818. The molecule has 1 aromatic heterocycles. The Morgan fingerprint density at radius 1 is 1.24 bits per heavy atom. The van der Waals surface area contributed by atoms with Gasteiger partial charge in [0.05, 0.1) is 6.61 Å². The lowest BCUT2D eigenvalue weighted by atomic mass is 10.2. The second-order valence-electron chi connectivity index (χ2n) is 4.39. The van der Waals surface area contributed by atoms with E-state index in [1.165, 1.54) is 11.3 Å². The van der Waals surface area contributed by atoms with Gasteiger partial charge in [0.25, 0.3) is 5.19 Å². The molecule has 0 aromatic carbocycles.